The summed E-state index contributed by atoms with van der Waals surface area (Å²) in [7, 11) is 7.92. The van der Waals surface area contributed by atoms with Crippen LogP contribution in [0.4, 0.5) is 0 Å². The first kappa shape index (κ1) is 25.0. The fraction of sp³-hybridized carbons (Fsp3) is 0.321. The van der Waals surface area contributed by atoms with E-state index in [0.29, 0.717) is 53.0 Å². The molecule has 0 saturated heterocycles. The molecule has 0 aromatic heterocycles. The van der Waals surface area contributed by atoms with Crippen LogP contribution in [0.15, 0.2) is 54.6 Å². The number of carbonyl (C=O) groups is 1. The molecule has 4 rings (SSSR count). The fourth-order valence-corrected chi connectivity index (χ4v) is 4.49. The van der Waals surface area contributed by atoms with Crippen LogP contribution in [0.1, 0.15) is 27.5 Å². The Balaban J connectivity index is 1.73. The lowest BCUT2D eigenvalue weighted by atomic mass is 9.91. The monoisotopic (exact) mass is 493 g/mol. The van der Waals surface area contributed by atoms with Crippen LogP contribution < -0.4 is 28.4 Å². The molecule has 8 nitrogen and oxygen atoms in total. The maximum Gasteiger partial charge on any atom is 0.254 e. The number of fused-ring (bicyclic) bond motifs is 1. The summed E-state index contributed by atoms with van der Waals surface area (Å²) in [6, 6.07) is 16.1. The molecule has 0 aliphatic carbocycles. The molecule has 0 bridgehead atoms. The summed E-state index contributed by atoms with van der Waals surface area (Å²) < 4.78 is 33.5. The Hall–Kier alpha value is -4.07. The van der Waals surface area contributed by atoms with Crippen molar-refractivity contribution in [2.24, 2.45) is 0 Å². The van der Waals surface area contributed by atoms with Crippen molar-refractivity contribution in [1.29, 1.82) is 0 Å². The van der Waals surface area contributed by atoms with Crippen molar-refractivity contribution in [2.45, 2.75) is 12.5 Å². The largest absolute Gasteiger partial charge is 0.493 e. The molecule has 3 aromatic carbocycles. The third-order valence-corrected chi connectivity index (χ3v) is 6.36. The van der Waals surface area contributed by atoms with E-state index < -0.39 is 0 Å². The van der Waals surface area contributed by atoms with Crippen molar-refractivity contribution in [3.63, 3.8) is 0 Å². The van der Waals surface area contributed by atoms with Crippen molar-refractivity contribution in [2.75, 3.05) is 48.7 Å². The number of ether oxygens (including phenoxy) is 6. The van der Waals surface area contributed by atoms with E-state index in [0.717, 1.165) is 11.1 Å². The Morgan fingerprint density at radius 1 is 0.750 bits per heavy atom. The molecule has 1 heterocycles. The van der Waals surface area contributed by atoms with Crippen molar-refractivity contribution < 1.29 is 33.2 Å². The Bertz CT molecular complexity index is 1230. The first-order valence-corrected chi connectivity index (χ1v) is 11.6. The quantitative estimate of drug-likeness (QED) is 0.433. The molecule has 3 aromatic rings. The minimum absolute atomic E-state index is 0.134. The number of para-hydroxylation sites is 2. The van der Waals surface area contributed by atoms with Gasteiger partial charge in [-0.05, 0) is 60.0 Å². The highest BCUT2D eigenvalue weighted by Crippen LogP contribution is 2.40. The van der Waals surface area contributed by atoms with Gasteiger partial charge in [0.2, 0.25) is 0 Å². The van der Waals surface area contributed by atoms with E-state index in [1.165, 1.54) is 0 Å². The van der Waals surface area contributed by atoms with Crippen molar-refractivity contribution in [1.82, 2.24) is 4.90 Å². The molecule has 190 valence electrons. The highest BCUT2D eigenvalue weighted by molar-refractivity contribution is 5.95. The number of amides is 1. The Kier molecular flexibility index (Phi) is 7.73. The van der Waals surface area contributed by atoms with Crippen LogP contribution >= 0.6 is 0 Å². The Morgan fingerprint density at radius 3 is 2.00 bits per heavy atom. The van der Waals surface area contributed by atoms with Gasteiger partial charge < -0.3 is 33.3 Å². The summed E-state index contributed by atoms with van der Waals surface area (Å²) >= 11 is 0. The maximum absolute atomic E-state index is 13.8. The van der Waals surface area contributed by atoms with Crippen LogP contribution in [0.5, 0.6) is 34.5 Å². The fourth-order valence-electron chi connectivity index (χ4n) is 4.49. The lowest BCUT2D eigenvalue weighted by molar-refractivity contribution is 0.0587. The zero-order chi connectivity index (χ0) is 25.7. The SMILES string of the molecule is COc1ccc(C(=O)N2CCc3cc(OC)c(OC)cc3[C@H]2COc2ccccc2OC)cc1OC. The van der Waals surface area contributed by atoms with E-state index in [-0.39, 0.29) is 18.6 Å². The first-order chi connectivity index (χ1) is 17.5. The lowest BCUT2D eigenvalue weighted by Gasteiger charge is -2.37. The van der Waals surface area contributed by atoms with Crippen LogP contribution in [-0.4, -0.2) is 59.5 Å². The van der Waals surface area contributed by atoms with Crippen molar-refractivity contribution in [3.05, 3.63) is 71.3 Å². The van der Waals surface area contributed by atoms with Crippen LogP contribution in [0, 0.1) is 0 Å². The van der Waals surface area contributed by atoms with Gasteiger partial charge in [-0.3, -0.25) is 4.79 Å². The maximum atomic E-state index is 13.8. The third kappa shape index (κ3) is 4.84. The van der Waals surface area contributed by atoms with Gasteiger partial charge in [0.15, 0.2) is 34.5 Å². The van der Waals surface area contributed by atoms with Gasteiger partial charge in [-0.1, -0.05) is 12.1 Å². The van der Waals surface area contributed by atoms with Gasteiger partial charge in [-0.15, -0.1) is 0 Å². The summed E-state index contributed by atoms with van der Waals surface area (Å²) in [4.78, 5) is 15.6. The predicted octanol–water partition coefficient (Wildman–Crippen LogP) is 4.55. The highest BCUT2D eigenvalue weighted by Gasteiger charge is 2.34. The zero-order valence-corrected chi connectivity index (χ0v) is 21.2. The molecule has 8 heteroatoms. The lowest BCUT2D eigenvalue weighted by Crippen LogP contribution is -2.42. The summed E-state index contributed by atoms with van der Waals surface area (Å²) in [6.07, 6.45) is 0.667. The molecule has 0 radical (unpaired) electrons. The van der Waals surface area contributed by atoms with Gasteiger partial charge in [0.1, 0.15) is 6.61 Å². The van der Waals surface area contributed by atoms with Gasteiger partial charge in [0.05, 0.1) is 41.6 Å². The number of benzene rings is 3. The van der Waals surface area contributed by atoms with Gasteiger partial charge >= 0.3 is 0 Å². The van der Waals surface area contributed by atoms with Gasteiger partial charge in [0, 0.05) is 12.1 Å². The van der Waals surface area contributed by atoms with Crippen LogP contribution in [0.3, 0.4) is 0 Å². The Morgan fingerprint density at radius 2 is 1.33 bits per heavy atom. The third-order valence-electron chi connectivity index (χ3n) is 6.36. The molecule has 0 N–H and O–H groups in total. The number of hydrogen-bond acceptors (Lipinski definition) is 7. The zero-order valence-electron chi connectivity index (χ0n) is 21.2. The second-order valence-corrected chi connectivity index (χ2v) is 8.20. The topological polar surface area (TPSA) is 75.7 Å². The second kappa shape index (κ2) is 11.1. The van der Waals surface area contributed by atoms with Crippen LogP contribution in [0.25, 0.3) is 0 Å². The summed E-state index contributed by atoms with van der Waals surface area (Å²) in [5.74, 6) is 3.40. The normalized spacial score (nSPS) is 14.5. The number of carbonyl (C=O) groups excluding carboxylic acids is 1. The highest BCUT2D eigenvalue weighted by atomic mass is 16.5. The summed E-state index contributed by atoms with van der Waals surface area (Å²) in [6.45, 7) is 0.734. The van der Waals surface area contributed by atoms with Crippen LogP contribution in [0.2, 0.25) is 0 Å². The van der Waals surface area contributed by atoms with Gasteiger partial charge in [-0.25, -0.2) is 0 Å². The predicted molar refractivity (Wildman–Crippen MR) is 135 cm³/mol. The van der Waals surface area contributed by atoms with E-state index in [9.17, 15) is 4.79 Å². The second-order valence-electron chi connectivity index (χ2n) is 8.20. The standard InChI is InChI=1S/C28H31NO7/c1-31-22-8-6-7-9-24(22)36-17-21-20-16-27(35-5)26(34-4)14-18(20)12-13-29(21)28(30)19-10-11-23(32-2)25(15-19)33-3/h6-11,14-16,21H,12-13,17H2,1-5H3/t21-/m1/s1. The number of hydrogen-bond donors (Lipinski definition) is 0. The molecule has 1 atom stereocenters. The summed E-state index contributed by atoms with van der Waals surface area (Å²) in [5.41, 5.74) is 2.53. The Labute approximate surface area is 211 Å². The molecule has 36 heavy (non-hydrogen) atoms. The number of rotatable bonds is 9. The molecule has 0 fully saturated rings. The molecule has 0 unspecified atom stereocenters. The molecule has 1 amide bonds. The minimum atomic E-state index is -0.376. The van der Waals surface area contributed by atoms with Gasteiger partial charge in [-0.2, -0.15) is 0 Å². The number of nitrogens with zero attached hydrogens (tertiary/aromatic N) is 1. The molecular weight excluding hydrogens is 462 g/mol. The van der Waals surface area contributed by atoms with E-state index in [1.54, 1.807) is 53.7 Å². The minimum Gasteiger partial charge on any atom is -0.493 e. The van der Waals surface area contributed by atoms with Gasteiger partial charge in [0.25, 0.3) is 5.91 Å². The molecule has 0 spiro atoms. The number of methoxy groups -OCH3 is 5. The smallest absolute Gasteiger partial charge is 0.254 e. The average Bonchev–Trinajstić information content (AvgIpc) is 2.94. The molecular formula is C28H31NO7. The molecule has 1 aliphatic heterocycles. The van der Waals surface area contributed by atoms with E-state index >= 15 is 0 Å². The van der Waals surface area contributed by atoms with Crippen molar-refractivity contribution in [3.8, 4) is 34.5 Å². The molecule has 1 aliphatic rings. The summed E-state index contributed by atoms with van der Waals surface area (Å²) in [5, 5.41) is 0. The van der Waals surface area contributed by atoms with Crippen molar-refractivity contribution >= 4 is 5.91 Å². The van der Waals surface area contributed by atoms with Crippen LogP contribution in [-0.2, 0) is 6.42 Å². The van der Waals surface area contributed by atoms with E-state index in [2.05, 4.69) is 0 Å². The van der Waals surface area contributed by atoms with E-state index in [1.807, 2.05) is 41.3 Å². The van der Waals surface area contributed by atoms with E-state index in [4.69, 9.17) is 28.4 Å². The first-order valence-electron chi connectivity index (χ1n) is 11.6. The average molecular weight is 494 g/mol. The molecule has 0 saturated carbocycles.